The van der Waals surface area contributed by atoms with Gasteiger partial charge in [-0.3, -0.25) is 9.78 Å². The summed E-state index contributed by atoms with van der Waals surface area (Å²) < 4.78 is 1.24. The van der Waals surface area contributed by atoms with Crippen LogP contribution in [0.25, 0.3) is 32.3 Å². The number of pyridine rings is 1. The van der Waals surface area contributed by atoms with Crippen molar-refractivity contribution in [3.05, 3.63) is 77.9 Å². The molecule has 0 aliphatic heterocycles. The van der Waals surface area contributed by atoms with Gasteiger partial charge in [-0.15, -0.1) is 11.3 Å². The molecule has 0 aliphatic rings. The summed E-state index contributed by atoms with van der Waals surface area (Å²) in [6.07, 6.45) is 3.68. The number of ketones is 1. The highest BCUT2D eigenvalue weighted by Gasteiger charge is 2.09. The highest BCUT2D eigenvalue weighted by Crippen LogP contribution is 2.36. The molecule has 3 heteroatoms. The van der Waals surface area contributed by atoms with Crippen molar-refractivity contribution >= 4 is 27.2 Å². The number of fused-ring (bicyclic) bond motifs is 1. The van der Waals surface area contributed by atoms with Crippen molar-refractivity contribution in [1.82, 2.24) is 4.98 Å². The topological polar surface area (TPSA) is 30.0 Å². The molecule has 0 saturated heterocycles. The Hall–Kier alpha value is -2.78. The highest BCUT2D eigenvalue weighted by molar-refractivity contribution is 7.17. The Bertz CT molecular complexity index is 1030. The number of rotatable bonds is 3. The monoisotopic (exact) mass is 329 g/mol. The summed E-state index contributed by atoms with van der Waals surface area (Å²) in [5.41, 5.74) is 5.29. The summed E-state index contributed by atoms with van der Waals surface area (Å²) in [4.78, 5) is 15.8. The molecular formula is C21H15NOS. The Kier molecular flexibility index (Phi) is 3.71. The van der Waals surface area contributed by atoms with Gasteiger partial charge in [-0.1, -0.05) is 36.4 Å². The fourth-order valence-electron chi connectivity index (χ4n) is 2.87. The SMILES string of the molecule is CC(=O)c1cccc(-c2ccc3c(-c4cccnc4)csc3c2)c1. The minimum absolute atomic E-state index is 0.0907. The number of hydrogen-bond acceptors (Lipinski definition) is 3. The number of thiophene rings is 1. The lowest BCUT2D eigenvalue weighted by atomic mass is 9.99. The fourth-order valence-corrected chi connectivity index (χ4v) is 3.88. The first-order valence-corrected chi connectivity index (χ1v) is 8.63. The van der Waals surface area contributed by atoms with Crippen LogP contribution < -0.4 is 0 Å². The van der Waals surface area contributed by atoms with Gasteiger partial charge in [0.05, 0.1) is 0 Å². The van der Waals surface area contributed by atoms with E-state index in [2.05, 4.69) is 34.6 Å². The maximum absolute atomic E-state index is 11.6. The number of carbonyl (C=O) groups is 1. The van der Waals surface area contributed by atoms with Gasteiger partial charge in [0, 0.05) is 39.2 Å². The third-order valence-electron chi connectivity index (χ3n) is 4.15. The van der Waals surface area contributed by atoms with Gasteiger partial charge in [0.15, 0.2) is 5.78 Å². The third-order valence-corrected chi connectivity index (χ3v) is 5.10. The standard InChI is InChI=1S/C21H15NOS/c1-14(23)15-4-2-5-16(10-15)17-7-8-19-20(13-24-21(19)11-17)18-6-3-9-22-12-18/h2-13H,1H3. The van der Waals surface area contributed by atoms with Gasteiger partial charge in [-0.2, -0.15) is 0 Å². The number of aromatic nitrogens is 1. The quantitative estimate of drug-likeness (QED) is 0.442. The minimum atomic E-state index is 0.0907. The Morgan fingerprint density at radius 1 is 0.958 bits per heavy atom. The first kappa shape index (κ1) is 14.8. The highest BCUT2D eigenvalue weighted by atomic mass is 32.1. The summed E-state index contributed by atoms with van der Waals surface area (Å²) in [5.74, 6) is 0.0907. The van der Waals surface area contributed by atoms with Gasteiger partial charge in [-0.05, 0) is 41.6 Å². The van der Waals surface area contributed by atoms with Crippen LogP contribution in [-0.4, -0.2) is 10.8 Å². The van der Waals surface area contributed by atoms with Crippen LogP contribution in [0.2, 0.25) is 0 Å². The van der Waals surface area contributed by atoms with E-state index in [9.17, 15) is 4.79 Å². The molecule has 0 bridgehead atoms. The molecule has 0 spiro atoms. The van der Waals surface area contributed by atoms with Crippen LogP contribution >= 0.6 is 11.3 Å². The van der Waals surface area contributed by atoms with Crippen LogP contribution in [0.5, 0.6) is 0 Å². The first-order chi connectivity index (χ1) is 11.7. The van der Waals surface area contributed by atoms with Crippen molar-refractivity contribution < 1.29 is 4.79 Å². The van der Waals surface area contributed by atoms with Crippen molar-refractivity contribution in [1.29, 1.82) is 0 Å². The first-order valence-electron chi connectivity index (χ1n) is 7.75. The lowest BCUT2D eigenvalue weighted by Crippen LogP contribution is -1.91. The van der Waals surface area contributed by atoms with Crippen molar-refractivity contribution in [2.24, 2.45) is 0 Å². The Morgan fingerprint density at radius 2 is 1.79 bits per heavy atom. The zero-order valence-corrected chi connectivity index (χ0v) is 14.0. The van der Waals surface area contributed by atoms with E-state index < -0.39 is 0 Å². The van der Waals surface area contributed by atoms with Crippen LogP contribution in [-0.2, 0) is 0 Å². The molecule has 0 unspecified atom stereocenters. The van der Waals surface area contributed by atoms with E-state index in [1.165, 1.54) is 15.6 Å². The lowest BCUT2D eigenvalue weighted by Gasteiger charge is -2.05. The van der Waals surface area contributed by atoms with Gasteiger partial charge < -0.3 is 0 Å². The lowest BCUT2D eigenvalue weighted by molar-refractivity contribution is 0.101. The van der Waals surface area contributed by atoms with E-state index >= 15 is 0 Å². The molecule has 0 fully saturated rings. The van der Waals surface area contributed by atoms with Gasteiger partial charge >= 0.3 is 0 Å². The molecule has 2 aromatic heterocycles. The van der Waals surface area contributed by atoms with Gasteiger partial charge in [-0.25, -0.2) is 0 Å². The van der Waals surface area contributed by atoms with Crippen LogP contribution in [0.1, 0.15) is 17.3 Å². The van der Waals surface area contributed by atoms with Crippen LogP contribution in [0.4, 0.5) is 0 Å². The van der Waals surface area contributed by atoms with E-state index in [1.807, 2.05) is 36.5 Å². The minimum Gasteiger partial charge on any atom is -0.295 e. The Labute approximate surface area is 144 Å². The van der Waals surface area contributed by atoms with E-state index in [0.29, 0.717) is 0 Å². The Morgan fingerprint density at radius 3 is 2.58 bits per heavy atom. The zero-order chi connectivity index (χ0) is 16.5. The molecule has 2 heterocycles. The van der Waals surface area contributed by atoms with Gasteiger partial charge in [0.2, 0.25) is 0 Å². The van der Waals surface area contributed by atoms with E-state index in [4.69, 9.17) is 0 Å². The number of benzene rings is 2. The molecule has 0 saturated carbocycles. The second kappa shape index (κ2) is 6.02. The predicted octanol–water partition coefficient (Wildman–Crippen LogP) is 5.83. The second-order valence-electron chi connectivity index (χ2n) is 5.74. The average molecular weight is 329 g/mol. The smallest absolute Gasteiger partial charge is 0.159 e. The maximum atomic E-state index is 11.6. The van der Waals surface area contributed by atoms with Crippen LogP contribution in [0.3, 0.4) is 0 Å². The molecule has 4 aromatic rings. The molecule has 24 heavy (non-hydrogen) atoms. The van der Waals surface area contributed by atoms with Crippen molar-refractivity contribution in [3.8, 4) is 22.3 Å². The summed E-state index contributed by atoms with van der Waals surface area (Å²) in [6, 6.07) is 18.3. The summed E-state index contributed by atoms with van der Waals surface area (Å²) in [6.45, 7) is 1.60. The van der Waals surface area contributed by atoms with Crippen LogP contribution in [0, 0.1) is 0 Å². The molecule has 0 N–H and O–H groups in total. The van der Waals surface area contributed by atoms with E-state index in [0.717, 1.165) is 22.3 Å². The Balaban J connectivity index is 1.80. The summed E-state index contributed by atoms with van der Waals surface area (Å²) >= 11 is 1.73. The van der Waals surface area contributed by atoms with E-state index in [-0.39, 0.29) is 5.78 Å². The van der Waals surface area contributed by atoms with Gasteiger partial charge in [0.1, 0.15) is 0 Å². The zero-order valence-electron chi connectivity index (χ0n) is 13.2. The second-order valence-corrected chi connectivity index (χ2v) is 6.65. The van der Waals surface area contributed by atoms with Crippen molar-refractivity contribution in [2.45, 2.75) is 6.92 Å². The number of Topliss-reactive ketones (excluding diaryl/α,β-unsaturated/α-hetero) is 1. The predicted molar refractivity (Wildman–Crippen MR) is 100 cm³/mol. The number of carbonyl (C=O) groups excluding carboxylic acids is 1. The third kappa shape index (κ3) is 2.63. The molecule has 2 nitrogen and oxygen atoms in total. The summed E-state index contributed by atoms with van der Waals surface area (Å²) in [5, 5.41) is 3.41. The molecule has 0 aliphatic carbocycles. The molecule has 0 radical (unpaired) electrons. The van der Waals surface area contributed by atoms with Crippen molar-refractivity contribution in [2.75, 3.05) is 0 Å². The maximum Gasteiger partial charge on any atom is 0.159 e. The van der Waals surface area contributed by atoms with Crippen molar-refractivity contribution in [3.63, 3.8) is 0 Å². The molecular weight excluding hydrogens is 314 g/mol. The van der Waals surface area contributed by atoms with Gasteiger partial charge in [0.25, 0.3) is 0 Å². The molecule has 2 aromatic carbocycles. The average Bonchev–Trinajstić information content (AvgIpc) is 3.05. The molecule has 4 rings (SSSR count). The number of hydrogen-bond donors (Lipinski definition) is 0. The fraction of sp³-hybridized carbons (Fsp3) is 0.0476. The normalized spacial score (nSPS) is 10.9. The summed E-state index contributed by atoms with van der Waals surface area (Å²) in [7, 11) is 0. The largest absolute Gasteiger partial charge is 0.295 e. The molecule has 0 atom stereocenters. The number of nitrogens with zero attached hydrogens (tertiary/aromatic N) is 1. The molecule has 116 valence electrons. The van der Waals surface area contributed by atoms with Crippen LogP contribution in [0.15, 0.2) is 72.4 Å². The molecule has 0 amide bonds. The van der Waals surface area contributed by atoms with E-state index in [1.54, 1.807) is 24.5 Å².